The molecule has 0 fully saturated rings. The zero-order chi connectivity index (χ0) is 18.6. The third kappa shape index (κ3) is 3.96. The molecule has 0 aliphatic heterocycles. The van der Waals surface area contributed by atoms with E-state index in [2.05, 4.69) is 4.90 Å². The third-order valence-corrected chi connectivity index (χ3v) is 4.35. The normalized spacial score (nSPS) is 11.3. The molecule has 0 aliphatic carbocycles. The molecule has 0 aliphatic rings. The maximum Gasteiger partial charge on any atom is 0.336 e. The number of furan rings is 2. The minimum atomic E-state index is -0.387. The fraction of sp³-hybridized carbons (Fsp3) is 0.190. The van der Waals surface area contributed by atoms with Crippen LogP contribution in [-0.2, 0) is 19.6 Å². The molecule has 138 valence electrons. The number of methoxy groups -OCH3 is 1. The first-order valence-corrected chi connectivity index (χ1v) is 8.59. The molecular weight excluding hydrogens is 346 g/mol. The lowest BCUT2D eigenvalue weighted by Crippen LogP contribution is -2.22. The van der Waals surface area contributed by atoms with Crippen LogP contribution < -0.4 is 10.4 Å². The van der Waals surface area contributed by atoms with Crippen molar-refractivity contribution in [2.75, 3.05) is 7.11 Å². The molecule has 0 unspecified atom stereocenters. The Morgan fingerprint density at radius 1 is 0.926 bits per heavy atom. The minimum absolute atomic E-state index is 0.387. The summed E-state index contributed by atoms with van der Waals surface area (Å²) in [5, 5.41) is 0.874. The Labute approximate surface area is 155 Å². The smallest absolute Gasteiger partial charge is 0.336 e. The van der Waals surface area contributed by atoms with Gasteiger partial charge >= 0.3 is 5.63 Å². The largest absolute Gasteiger partial charge is 0.497 e. The molecule has 6 heteroatoms. The highest BCUT2D eigenvalue weighted by molar-refractivity contribution is 5.81. The van der Waals surface area contributed by atoms with Crippen molar-refractivity contribution < 1.29 is 18.0 Å². The lowest BCUT2D eigenvalue weighted by molar-refractivity contribution is 0.210. The molecule has 6 nitrogen and oxygen atoms in total. The molecule has 0 bridgehead atoms. The number of ether oxygens (including phenoxy) is 1. The van der Waals surface area contributed by atoms with Crippen LogP contribution in [0.5, 0.6) is 5.75 Å². The van der Waals surface area contributed by atoms with E-state index in [-0.39, 0.29) is 5.63 Å². The van der Waals surface area contributed by atoms with Crippen LogP contribution in [0.3, 0.4) is 0 Å². The van der Waals surface area contributed by atoms with E-state index in [1.54, 1.807) is 25.7 Å². The molecule has 0 radical (unpaired) electrons. The first-order chi connectivity index (χ1) is 13.2. The topological polar surface area (TPSA) is 69.0 Å². The third-order valence-electron chi connectivity index (χ3n) is 4.35. The summed E-state index contributed by atoms with van der Waals surface area (Å²) >= 11 is 0. The van der Waals surface area contributed by atoms with Crippen LogP contribution in [-0.4, -0.2) is 12.0 Å². The number of nitrogens with zero attached hydrogens (tertiary/aromatic N) is 1. The summed E-state index contributed by atoms with van der Waals surface area (Å²) in [6, 6.07) is 14.6. The van der Waals surface area contributed by atoms with Gasteiger partial charge in [-0.15, -0.1) is 0 Å². The lowest BCUT2D eigenvalue weighted by Gasteiger charge is -2.21. The van der Waals surface area contributed by atoms with Crippen molar-refractivity contribution in [1.82, 2.24) is 4.90 Å². The molecule has 4 rings (SSSR count). The van der Waals surface area contributed by atoms with Gasteiger partial charge in [0, 0.05) is 24.1 Å². The summed E-state index contributed by atoms with van der Waals surface area (Å²) in [4.78, 5) is 14.2. The van der Waals surface area contributed by atoms with Crippen LogP contribution in [0.15, 0.2) is 79.1 Å². The highest BCUT2D eigenvalue weighted by Crippen LogP contribution is 2.24. The number of benzene rings is 1. The molecule has 0 amide bonds. The van der Waals surface area contributed by atoms with Gasteiger partial charge in [-0.05, 0) is 42.0 Å². The van der Waals surface area contributed by atoms with E-state index in [0.717, 1.165) is 22.5 Å². The number of fused-ring (bicyclic) bond motifs is 1. The van der Waals surface area contributed by atoms with Crippen LogP contribution >= 0.6 is 0 Å². The zero-order valence-electron chi connectivity index (χ0n) is 14.9. The van der Waals surface area contributed by atoms with Crippen molar-refractivity contribution >= 4 is 11.0 Å². The predicted octanol–water partition coefficient (Wildman–Crippen LogP) is 4.19. The van der Waals surface area contributed by atoms with Gasteiger partial charge in [-0.1, -0.05) is 0 Å². The van der Waals surface area contributed by atoms with E-state index < -0.39 is 0 Å². The molecule has 0 saturated carbocycles. The molecule has 27 heavy (non-hydrogen) atoms. The second-order valence-electron chi connectivity index (χ2n) is 6.26. The highest BCUT2D eigenvalue weighted by Gasteiger charge is 2.15. The summed E-state index contributed by atoms with van der Waals surface area (Å²) in [5.74, 6) is 2.33. The lowest BCUT2D eigenvalue weighted by atomic mass is 10.1. The Hall–Kier alpha value is -3.25. The molecule has 0 N–H and O–H groups in total. The number of hydrogen-bond donors (Lipinski definition) is 0. The fourth-order valence-electron chi connectivity index (χ4n) is 3.12. The minimum Gasteiger partial charge on any atom is -0.497 e. The predicted molar refractivity (Wildman–Crippen MR) is 99.4 cm³/mol. The maximum atomic E-state index is 12.1. The maximum absolute atomic E-state index is 12.1. The van der Waals surface area contributed by atoms with Gasteiger partial charge in [-0.2, -0.15) is 0 Å². The van der Waals surface area contributed by atoms with Gasteiger partial charge in [0.1, 0.15) is 22.9 Å². The van der Waals surface area contributed by atoms with Crippen molar-refractivity contribution in [2.24, 2.45) is 0 Å². The molecule has 0 spiro atoms. The molecule has 0 atom stereocenters. The average Bonchev–Trinajstić information content (AvgIpc) is 3.35. The van der Waals surface area contributed by atoms with Gasteiger partial charge in [-0.3, -0.25) is 4.90 Å². The first-order valence-electron chi connectivity index (χ1n) is 8.59. The molecule has 4 aromatic rings. The number of hydrogen-bond acceptors (Lipinski definition) is 6. The Balaban J connectivity index is 1.68. The molecule has 3 heterocycles. The molecule has 1 aromatic carbocycles. The summed E-state index contributed by atoms with van der Waals surface area (Å²) in [6.07, 6.45) is 3.30. The first kappa shape index (κ1) is 17.2. The fourth-order valence-corrected chi connectivity index (χ4v) is 3.12. The molecule has 0 saturated heterocycles. The summed E-state index contributed by atoms with van der Waals surface area (Å²) in [5.41, 5.74) is 0.997. The van der Waals surface area contributed by atoms with Gasteiger partial charge in [0.05, 0.1) is 32.7 Å². The Bertz CT molecular complexity index is 1030. The zero-order valence-corrected chi connectivity index (χ0v) is 14.9. The van der Waals surface area contributed by atoms with Gasteiger partial charge in [-0.25, -0.2) is 4.79 Å². The van der Waals surface area contributed by atoms with Gasteiger partial charge in [0.2, 0.25) is 0 Å². The van der Waals surface area contributed by atoms with Crippen LogP contribution in [0.4, 0.5) is 0 Å². The van der Waals surface area contributed by atoms with Crippen molar-refractivity contribution in [2.45, 2.75) is 19.6 Å². The van der Waals surface area contributed by atoms with E-state index in [0.29, 0.717) is 31.0 Å². The van der Waals surface area contributed by atoms with E-state index in [1.165, 1.54) is 6.07 Å². The Morgan fingerprint density at radius 3 is 2.22 bits per heavy atom. The Morgan fingerprint density at radius 2 is 1.63 bits per heavy atom. The van der Waals surface area contributed by atoms with Crippen LogP contribution in [0.25, 0.3) is 11.0 Å². The van der Waals surface area contributed by atoms with Crippen molar-refractivity contribution in [3.8, 4) is 5.75 Å². The van der Waals surface area contributed by atoms with E-state index in [1.807, 2.05) is 36.4 Å². The van der Waals surface area contributed by atoms with Gasteiger partial charge in [0.25, 0.3) is 0 Å². The molecular formula is C21H19NO5. The second kappa shape index (κ2) is 7.55. The quantitative estimate of drug-likeness (QED) is 0.458. The van der Waals surface area contributed by atoms with Crippen LogP contribution in [0.2, 0.25) is 0 Å². The van der Waals surface area contributed by atoms with Crippen molar-refractivity contribution in [1.29, 1.82) is 0 Å². The van der Waals surface area contributed by atoms with Gasteiger partial charge < -0.3 is 18.0 Å². The summed E-state index contributed by atoms with van der Waals surface area (Å²) < 4.78 is 21.6. The summed E-state index contributed by atoms with van der Waals surface area (Å²) in [6.45, 7) is 1.72. The second-order valence-corrected chi connectivity index (χ2v) is 6.26. The van der Waals surface area contributed by atoms with Crippen LogP contribution in [0, 0.1) is 0 Å². The Kier molecular flexibility index (Phi) is 4.80. The monoisotopic (exact) mass is 365 g/mol. The van der Waals surface area contributed by atoms with Crippen LogP contribution in [0.1, 0.15) is 17.1 Å². The summed E-state index contributed by atoms with van der Waals surface area (Å²) in [7, 11) is 1.58. The molecule has 3 aromatic heterocycles. The van der Waals surface area contributed by atoms with Crippen molar-refractivity contribution in [3.05, 3.63) is 88.6 Å². The van der Waals surface area contributed by atoms with E-state index in [4.69, 9.17) is 18.0 Å². The highest BCUT2D eigenvalue weighted by atomic mass is 16.5. The van der Waals surface area contributed by atoms with Crippen molar-refractivity contribution in [3.63, 3.8) is 0 Å². The van der Waals surface area contributed by atoms with E-state index in [9.17, 15) is 4.79 Å². The average molecular weight is 365 g/mol. The SMILES string of the molecule is COc1ccc2c(CN(Cc3ccco3)Cc3ccco3)cc(=O)oc2c1. The van der Waals surface area contributed by atoms with Gasteiger partial charge in [0.15, 0.2) is 0 Å². The number of rotatable bonds is 7. The standard InChI is InChI=1S/C21H19NO5/c1-24-16-6-7-19-15(10-21(23)27-20(19)11-16)12-22(13-17-4-2-8-25-17)14-18-5-3-9-26-18/h2-11H,12-14H2,1H3. The van der Waals surface area contributed by atoms with E-state index >= 15 is 0 Å².